The summed E-state index contributed by atoms with van der Waals surface area (Å²) in [6.45, 7) is 0. The smallest absolute Gasteiger partial charge is 0.0620 e. The molecule has 0 atom stereocenters. The lowest BCUT2D eigenvalue weighted by atomic mass is 10.0. The maximum Gasteiger partial charge on any atom is 0.0620 e. The number of fused-ring (bicyclic) bond motifs is 8. The van der Waals surface area contributed by atoms with Gasteiger partial charge < -0.3 is 4.40 Å². The second-order valence-electron chi connectivity index (χ2n) is 6.24. The highest BCUT2D eigenvalue weighted by Gasteiger charge is 2.17. The number of rotatable bonds is 0. The molecule has 0 amide bonds. The summed E-state index contributed by atoms with van der Waals surface area (Å²) in [6, 6.07) is 28.6. The van der Waals surface area contributed by atoms with Crippen LogP contribution in [-0.4, -0.2) is 4.40 Å². The van der Waals surface area contributed by atoms with Crippen LogP contribution in [0.3, 0.4) is 0 Å². The minimum atomic E-state index is 1.30. The number of aromatic nitrogens is 1. The first-order valence-electron chi connectivity index (χ1n) is 7.98. The molecule has 0 fully saturated rings. The van der Waals surface area contributed by atoms with Crippen molar-refractivity contribution < 1.29 is 0 Å². The van der Waals surface area contributed by atoms with Gasteiger partial charge >= 0.3 is 0 Å². The third-order valence-electron chi connectivity index (χ3n) is 5.11. The van der Waals surface area contributed by atoms with E-state index in [9.17, 15) is 0 Å². The predicted octanol–water partition coefficient (Wildman–Crippen LogP) is 5.99. The summed E-state index contributed by atoms with van der Waals surface area (Å²) >= 11 is 0. The van der Waals surface area contributed by atoms with Crippen molar-refractivity contribution in [2.45, 2.75) is 0 Å². The Morgan fingerprint density at radius 1 is 0.478 bits per heavy atom. The first-order chi connectivity index (χ1) is 11.4. The molecular formula is C22H13N. The Balaban J connectivity index is 2.08. The number of nitrogens with zero attached hydrogens (tertiary/aromatic N) is 1. The van der Waals surface area contributed by atoms with E-state index in [0.717, 1.165) is 0 Å². The molecule has 0 aliphatic heterocycles. The van der Waals surface area contributed by atoms with Gasteiger partial charge in [-0.25, -0.2) is 0 Å². The lowest BCUT2D eigenvalue weighted by Gasteiger charge is -2.02. The van der Waals surface area contributed by atoms with Crippen molar-refractivity contribution in [2.24, 2.45) is 0 Å². The van der Waals surface area contributed by atoms with E-state index in [0.29, 0.717) is 0 Å². The van der Waals surface area contributed by atoms with Gasteiger partial charge in [0.25, 0.3) is 0 Å². The van der Waals surface area contributed by atoms with Crippen molar-refractivity contribution in [1.29, 1.82) is 0 Å². The molecule has 0 aliphatic rings. The third kappa shape index (κ3) is 1.25. The van der Waals surface area contributed by atoms with E-state index in [1.807, 2.05) is 0 Å². The molecule has 0 unspecified atom stereocenters. The van der Waals surface area contributed by atoms with Crippen LogP contribution in [0.5, 0.6) is 0 Å². The molecule has 0 N–H and O–H groups in total. The Morgan fingerprint density at radius 2 is 1.22 bits per heavy atom. The van der Waals surface area contributed by atoms with E-state index >= 15 is 0 Å². The predicted molar refractivity (Wildman–Crippen MR) is 98.6 cm³/mol. The van der Waals surface area contributed by atoms with Crippen LogP contribution >= 0.6 is 0 Å². The fraction of sp³-hybridized carbons (Fsp3) is 0. The Morgan fingerprint density at radius 3 is 2.17 bits per heavy atom. The molecule has 6 aromatic rings. The van der Waals surface area contributed by atoms with Crippen molar-refractivity contribution in [3.63, 3.8) is 0 Å². The van der Waals surface area contributed by atoms with Gasteiger partial charge in [0.1, 0.15) is 0 Å². The van der Waals surface area contributed by atoms with E-state index in [-0.39, 0.29) is 0 Å². The van der Waals surface area contributed by atoms with Gasteiger partial charge in [-0.05, 0) is 22.9 Å². The minimum Gasteiger partial charge on any atom is -0.308 e. The Kier molecular flexibility index (Phi) is 1.91. The second-order valence-corrected chi connectivity index (χ2v) is 6.24. The molecule has 4 aromatic carbocycles. The molecular weight excluding hydrogens is 278 g/mol. The summed E-state index contributed by atoms with van der Waals surface area (Å²) in [5.74, 6) is 0. The highest BCUT2D eigenvalue weighted by molar-refractivity contribution is 6.28. The van der Waals surface area contributed by atoms with Gasteiger partial charge in [0, 0.05) is 21.5 Å². The van der Waals surface area contributed by atoms with Crippen molar-refractivity contribution in [2.75, 3.05) is 0 Å². The zero-order valence-corrected chi connectivity index (χ0v) is 12.5. The maximum atomic E-state index is 2.43. The highest BCUT2D eigenvalue weighted by atomic mass is 14.9. The summed E-state index contributed by atoms with van der Waals surface area (Å²) in [7, 11) is 0. The van der Waals surface area contributed by atoms with Gasteiger partial charge in [-0.15, -0.1) is 0 Å². The lowest BCUT2D eigenvalue weighted by molar-refractivity contribution is 1.37. The first kappa shape index (κ1) is 11.5. The van der Waals surface area contributed by atoms with Crippen molar-refractivity contribution in [1.82, 2.24) is 4.40 Å². The summed E-state index contributed by atoms with van der Waals surface area (Å²) in [4.78, 5) is 0. The number of benzene rings is 4. The standard InChI is InChI=1S/C22H13N/c1-2-7-15-14(6-1)12-13-20-21(15)18-10-5-9-17-16-8-3-4-11-19(16)23(20)22(17)18/h1-13H. The largest absolute Gasteiger partial charge is 0.308 e. The highest BCUT2D eigenvalue weighted by Crippen LogP contribution is 2.41. The fourth-order valence-corrected chi connectivity index (χ4v) is 4.20. The third-order valence-corrected chi connectivity index (χ3v) is 5.11. The minimum absolute atomic E-state index is 1.30. The molecule has 0 radical (unpaired) electrons. The molecule has 0 spiro atoms. The SMILES string of the molecule is c1ccc2c(c1)ccc1c2c2cccc3c4ccccc4n1c32. The maximum absolute atomic E-state index is 2.43. The molecule has 0 bridgehead atoms. The van der Waals surface area contributed by atoms with Crippen LogP contribution in [0.2, 0.25) is 0 Å². The Labute approximate surface area is 132 Å². The topological polar surface area (TPSA) is 4.41 Å². The van der Waals surface area contributed by atoms with E-state index in [1.165, 1.54) is 48.9 Å². The average molecular weight is 291 g/mol. The van der Waals surface area contributed by atoms with Crippen LogP contribution in [0.4, 0.5) is 0 Å². The van der Waals surface area contributed by atoms with Crippen molar-refractivity contribution in [3.05, 3.63) is 78.9 Å². The summed E-state index contributed by atoms with van der Waals surface area (Å²) < 4.78 is 2.43. The Hall–Kier alpha value is -3.06. The molecule has 2 aromatic heterocycles. The first-order valence-corrected chi connectivity index (χ1v) is 7.98. The van der Waals surface area contributed by atoms with Crippen LogP contribution < -0.4 is 0 Å². The number of hydrogen-bond acceptors (Lipinski definition) is 0. The van der Waals surface area contributed by atoms with E-state index < -0.39 is 0 Å². The molecule has 6 rings (SSSR count). The van der Waals surface area contributed by atoms with Gasteiger partial charge in [0.2, 0.25) is 0 Å². The molecule has 0 saturated heterocycles. The van der Waals surface area contributed by atoms with Crippen LogP contribution in [0.1, 0.15) is 0 Å². The van der Waals surface area contributed by atoms with Gasteiger partial charge in [0.05, 0.1) is 16.6 Å². The summed E-state index contributed by atoms with van der Waals surface area (Å²) in [5, 5.41) is 8.05. The monoisotopic (exact) mass is 291 g/mol. The van der Waals surface area contributed by atoms with Gasteiger partial charge in [0.15, 0.2) is 0 Å². The van der Waals surface area contributed by atoms with Gasteiger partial charge in [-0.3, -0.25) is 0 Å². The molecule has 1 heteroatoms. The molecule has 23 heavy (non-hydrogen) atoms. The Bertz CT molecular complexity index is 1350. The molecule has 0 saturated carbocycles. The molecule has 106 valence electrons. The quantitative estimate of drug-likeness (QED) is 0.324. The van der Waals surface area contributed by atoms with Crippen LogP contribution in [0.25, 0.3) is 48.9 Å². The fourth-order valence-electron chi connectivity index (χ4n) is 4.20. The van der Waals surface area contributed by atoms with Gasteiger partial charge in [-0.1, -0.05) is 66.7 Å². The summed E-state index contributed by atoms with van der Waals surface area (Å²) in [5.41, 5.74) is 3.94. The zero-order chi connectivity index (χ0) is 15.0. The zero-order valence-electron chi connectivity index (χ0n) is 12.5. The van der Waals surface area contributed by atoms with E-state index in [2.05, 4.69) is 83.3 Å². The molecule has 1 nitrogen and oxygen atoms in total. The van der Waals surface area contributed by atoms with Gasteiger partial charge in [-0.2, -0.15) is 0 Å². The lowest BCUT2D eigenvalue weighted by Crippen LogP contribution is -1.80. The molecule has 2 heterocycles. The number of hydrogen-bond donors (Lipinski definition) is 0. The van der Waals surface area contributed by atoms with E-state index in [1.54, 1.807) is 0 Å². The second kappa shape index (κ2) is 3.82. The van der Waals surface area contributed by atoms with Crippen molar-refractivity contribution >= 4 is 48.9 Å². The van der Waals surface area contributed by atoms with Crippen LogP contribution in [0, 0.1) is 0 Å². The summed E-state index contributed by atoms with van der Waals surface area (Å²) in [6.07, 6.45) is 0. The van der Waals surface area contributed by atoms with E-state index in [4.69, 9.17) is 0 Å². The average Bonchev–Trinajstić information content (AvgIpc) is 3.13. The normalized spacial score (nSPS) is 12.3. The van der Waals surface area contributed by atoms with Crippen molar-refractivity contribution in [3.8, 4) is 0 Å². The number of para-hydroxylation sites is 2. The van der Waals surface area contributed by atoms with Crippen LogP contribution in [0.15, 0.2) is 78.9 Å². The molecule has 0 aliphatic carbocycles. The van der Waals surface area contributed by atoms with Crippen LogP contribution in [-0.2, 0) is 0 Å².